The van der Waals surface area contributed by atoms with Crippen LogP contribution in [-0.2, 0) is 16.1 Å². The van der Waals surface area contributed by atoms with Crippen molar-refractivity contribution in [3.8, 4) is 0 Å². The molecule has 0 bridgehead atoms. The van der Waals surface area contributed by atoms with Gasteiger partial charge in [-0.1, -0.05) is 41.4 Å². The molecule has 1 aliphatic rings. The van der Waals surface area contributed by atoms with Crippen molar-refractivity contribution in [1.29, 1.82) is 0 Å². The smallest absolute Gasteiger partial charge is 0.339 e. The summed E-state index contributed by atoms with van der Waals surface area (Å²) in [6.07, 6.45) is 1.65. The van der Waals surface area contributed by atoms with Gasteiger partial charge in [-0.2, -0.15) is 0 Å². The molecule has 0 spiro atoms. The molecule has 0 aliphatic carbocycles. The second-order valence-corrected chi connectivity index (χ2v) is 7.85. The van der Waals surface area contributed by atoms with E-state index >= 15 is 0 Å². The Labute approximate surface area is 177 Å². The van der Waals surface area contributed by atoms with Crippen molar-refractivity contribution >= 4 is 29.2 Å². The number of nitrogens with one attached hydrogen (secondary N) is 1. The van der Waals surface area contributed by atoms with E-state index in [0.717, 1.165) is 32.5 Å². The van der Waals surface area contributed by atoms with Crippen molar-refractivity contribution in [3.63, 3.8) is 0 Å². The van der Waals surface area contributed by atoms with Gasteiger partial charge in [-0.3, -0.25) is 9.69 Å². The molecule has 1 fully saturated rings. The van der Waals surface area contributed by atoms with E-state index in [1.807, 2.05) is 0 Å². The van der Waals surface area contributed by atoms with Crippen LogP contribution < -0.4 is 5.32 Å². The molecule has 29 heavy (non-hydrogen) atoms. The molecule has 0 unspecified atom stereocenters. The van der Waals surface area contributed by atoms with E-state index in [-0.39, 0.29) is 23.5 Å². The number of carbonyl (C=O) groups is 2. The van der Waals surface area contributed by atoms with Crippen LogP contribution in [0.5, 0.6) is 0 Å². The average Bonchev–Trinajstić information content (AvgIpc) is 2.69. The number of esters is 1. The molecule has 0 saturated carbocycles. The van der Waals surface area contributed by atoms with Gasteiger partial charge in [0.15, 0.2) is 0 Å². The van der Waals surface area contributed by atoms with Crippen LogP contribution in [0.3, 0.4) is 0 Å². The largest absolute Gasteiger partial charge is 0.462 e. The summed E-state index contributed by atoms with van der Waals surface area (Å²) < 4.78 is 4.97. The number of ether oxygens (including phenoxy) is 1. The first-order valence-corrected chi connectivity index (χ1v) is 10.4. The first kappa shape index (κ1) is 21.3. The molecular weight excluding hydrogens is 388 g/mol. The Morgan fingerprint density at radius 3 is 2.59 bits per heavy atom. The van der Waals surface area contributed by atoms with E-state index in [9.17, 15) is 9.59 Å². The zero-order valence-corrected chi connectivity index (χ0v) is 17.7. The van der Waals surface area contributed by atoms with Gasteiger partial charge in [0.2, 0.25) is 5.91 Å². The number of hydrogen-bond donors (Lipinski definition) is 1. The maximum atomic E-state index is 12.6. The van der Waals surface area contributed by atoms with E-state index in [0.29, 0.717) is 11.3 Å². The predicted octanol–water partition coefficient (Wildman–Crippen LogP) is 4.68. The molecule has 1 heterocycles. The lowest BCUT2D eigenvalue weighted by atomic mass is 9.95. The van der Waals surface area contributed by atoms with Gasteiger partial charge < -0.3 is 10.1 Å². The molecule has 2 aromatic rings. The van der Waals surface area contributed by atoms with E-state index in [2.05, 4.69) is 41.4 Å². The lowest BCUT2D eigenvalue weighted by Gasteiger charge is -2.31. The zero-order valence-electron chi connectivity index (χ0n) is 16.9. The van der Waals surface area contributed by atoms with Crippen LogP contribution in [0.4, 0.5) is 5.69 Å². The molecule has 1 N–H and O–H groups in total. The number of halogens is 1. The number of benzene rings is 2. The topological polar surface area (TPSA) is 58.6 Å². The third kappa shape index (κ3) is 5.81. The van der Waals surface area contributed by atoms with Crippen LogP contribution in [0.2, 0.25) is 5.02 Å². The number of likely N-dealkylation sites (tertiary alicyclic amines) is 1. The summed E-state index contributed by atoms with van der Waals surface area (Å²) in [6.45, 7) is 6.85. The summed E-state index contributed by atoms with van der Waals surface area (Å²) in [7, 11) is 0. The number of piperidine rings is 1. The van der Waals surface area contributed by atoms with Gasteiger partial charge in [-0.25, -0.2) is 4.79 Å². The Morgan fingerprint density at radius 2 is 1.93 bits per heavy atom. The summed E-state index contributed by atoms with van der Waals surface area (Å²) in [5.74, 6) is -0.483. The third-order valence-corrected chi connectivity index (χ3v) is 5.49. The van der Waals surface area contributed by atoms with Gasteiger partial charge in [0.25, 0.3) is 0 Å². The van der Waals surface area contributed by atoms with Crippen molar-refractivity contribution in [2.75, 3.05) is 25.0 Å². The molecule has 2 aromatic carbocycles. The standard InChI is InChI=1S/C23H27ClN2O3/c1-3-29-23(28)20-8-7-19(14-21(20)24)25-22(27)18-9-11-26(12-10-18)15-17-6-4-5-16(2)13-17/h4-8,13-14,18H,3,9-12,15H2,1-2H3,(H,25,27). The SMILES string of the molecule is CCOC(=O)c1ccc(NC(=O)C2CCN(Cc3cccc(C)c3)CC2)cc1Cl. The summed E-state index contributed by atoms with van der Waals surface area (Å²) in [5, 5.41) is 3.20. The third-order valence-electron chi connectivity index (χ3n) is 5.18. The van der Waals surface area contributed by atoms with Crippen LogP contribution in [0.15, 0.2) is 42.5 Å². The predicted molar refractivity (Wildman–Crippen MR) is 115 cm³/mol. The number of amides is 1. The van der Waals surface area contributed by atoms with Crippen molar-refractivity contribution < 1.29 is 14.3 Å². The molecule has 154 valence electrons. The Balaban J connectivity index is 1.52. The lowest BCUT2D eigenvalue weighted by Crippen LogP contribution is -2.37. The van der Waals surface area contributed by atoms with Crippen molar-refractivity contribution in [3.05, 3.63) is 64.2 Å². The monoisotopic (exact) mass is 414 g/mol. The Hall–Kier alpha value is -2.37. The van der Waals surface area contributed by atoms with E-state index in [1.54, 1.807) is 25.1 Å². The number of anilines is 1. The highest BCUT2D eigenvalue weighted by Crippen LogP contribution is 2.24. The van der Waals surface area contributed by atoms with Gasteiger partial charge >= 0.3 is 5.97 Å². The fraction of sp³-hybridized carbons (Fsp3) is 0.391. The summed E-state index contributed by atoms with van der Waals surface area (Å²) in [6, 6.07) is 13.4. The Morgan fingerprint density at radius 1 is 1.17 bits per heavy atom. The van der Waals surface area contributed by atoms with Gasteiger partial charge in [0, 0.05) is 18.2 Å². The second kappa shape index (κ2) is 9.90. The second-order valence-electron chi connectivity index (χ2n) is 7.44. The Kier molecular flexibility index (Phi) is 7.29. The molecule has 3 rings (SSSR count). The van der Waals surface area contributed by atoms with E-state index < -0.39 is 5.97 Å². The molecule has 0 aromatic heterocycles. The number of nitrogens with zero attached hydrogens (tertiary/aromatic N) is 1. The van der Waals surface area contributed by atoms with Crippen molar-refractivity contribution in [1.82, 2.24) is 4.90 Å². The lowest BCUT2D eigenvalue weighted by molar-refractivity contribution is -0.121. The van der Waals surface area contributed by atoms with Gasteiger partial charge in [0.1, 0.15) is 0 Å². The number of aryl methyl sites for hydroxylation is 1. The molecular formula is C23H27ClN2O3. The van der Waals surface area contributed by atoms with Crippen LogP contribution in [0.1, 0.15) is 41.3 Å². The molecule has 1 amide bonds. The van der Waals surface area contributed by atoms with Crippen molar-refractivity contribution in [2.24, 2.45) is 5.92 Å². The fourth-order valence-corrected chi connectivity index (χ4v) is 3.89. The molecule has 5 nitrogen and oxygen atoms in total. The van der Waals surface area contributed by atoms with Crippen LogP contribution >= 0.6 is 11.6 Å². The number of carbonyl (C=O) groups excluding carboxylic acids is 2. The van der Waals surface area contributed by atoms with Crippen LogP contribution in [-0.4, -0.2) is 36.5 Å². The van der Waals surface area contributed by atoms with Crippen LogP contribution in [0, 0.1) is 12.8 Å². The highest BCUT2D eigenvalue weighted by Gasteiger charge is 2.25. The maximum absolute atomic E-state index is 12.6. The molecule has 1 aliphatic heterocycles. The highest BCUT2D eigenvalue weighted by molar-refractivity contribution is 6.34. The minimum atomic E-state index is -0.462. The van der Waals surface area contributed by atoms with E-state index in [1.165, 1.54) is 11.1 Å². The van der Waals surface area contributed by atoms with E-state index in [4.69, 9.17) is 16.3 Å². The molecule has 0 atom stereocenters. The summed E-state index contributed by atoms with van der Waals surface area (Å²) in [4.78, 5) is 26.9. The quantitative estimate of drug-likeness (QED) is 0.697. The Bertz CT molecular complexity index is 876. The zero-order chi connectivity index (χ0) is 20.8. The highest BCUT2D eigenvalue weighted by atomic mass is 35.5. The minimum Gasteiger partial charge on any atom is -0.462 e. The normalized spacial score (nSPS) is 15.1. The van der Waals surface area contributed by atoms with Crippen molar-refractivity contribution in [2.45, 2.75) is 33.2 Å². The van der Waals surface area contributed by atoms with Gasteiger partial charge in [-0.15, -0.1) is 0 Å². The summed E-state index contributed by atoms with van der Waals surface area (Å²) >= 11 is 6.18. The van der Waals surface area contributed by atoms with Gasteiger partial charge in [-0.05, 0) is 63.5 Å². The first-order valence-electron chi connectivity index (χ1n) is 10.0. The maximum Gasteiger partial charge on any atom is 0.339 e. The van der Waals surface area contributed by atoms with Crippen LogP contribution in [0.25, 0.3) is 0 Å². The average molecular weight is 415 g/mol. The number of rotatable bonds is 6. The first-order chi connectivity index (χ1) is 14.0. The fourth-order valence-electron chi connectivity index (χ4n) is 3.63. The molecule has 0 radical (unpaired) electrons. The minimum absolute atomic E-state index is 0.000145. The van der Waals surface area contributed by atoms with Gasteiger partial charge in [0.05, 0.1) is 17.2 Å². The molecule has 1 saturated heterocycles. The summed E-state index contributed by atoms with van der Waals surface area (Å²) in [5.41, 5.74) is 3.47. The molecule has 6 heteroatoms. The number of hydrogen-bond acceptors (Lipinski definition) is 4.